The molecule has 1 rings (SSSR count). The van der Waals surface area contributed by atoms with Crippen molar-refractivity contribution in [2.24, 2.45) is 0 Å². The Morgan fingerprint density at radius 2 is 1.30 bits per heavy atom. The second-order valence-corrected chi connectivity index (χ2v) is 8.09. The van der Waals surface area contributed by atoms with Gasteiger partial charge in [-0.2, -0.15) is 0 Å². The Bertz CT molecular complexity index is 319. The molecule has 0 N–H and O–H groups in total. The minimum absolute atomic E-state index is 1.25. The largest absolute Gasteiger partial charge is 0.137 e. The minimum Gasteiger partial charge on any atom is -0.137 e. The van der Waals surface area contributed by atoms with E-state index in [2.05, 4.69) is 34.3 Å². The smallest absolute Gasteiger partial charge is 0.0730 e. The fourth-order valence-electron chi connectivity index (χ4n) is 2.66. The van der Waals surface area contributed by atoms with Gasteiger partial charge >= 0.3 is 0 Å². The van der Waals surface area contributed by atoms with E-state index in [1.165, 1.54) is 92.8 Å². The molecule has 0 aliphatic carbocycles. The molecule has 0 aliphatic rings. The van der Waals surface area contributed by atoms with Crippen molar-refractivity contribution in [3.8, 4) is 0 Å². The van der Waals surface area contributed by atoms with E-state index in [0.717, 1.165) is 0 Å². The van der Waals surface area contributed by atoms with E-state index in [0.29, 0.717) is 0 Å². The van der Waals surface area contributed by atoms with Crippen LogP contribution in [0.4, 0.5) is 0 Å². The lowest BCUT2D eigenvalue weighted by atomic mass is 10.0. The van der Waals surface area contributed by atoms with Gasteiger partial charge in [-0.15, -0.1) is 11.3 Å². The van der Waals surface area contributed by atoms with E-state index < -0.39 is 0 Å². The Kier molecular flexibility index (Phi) is 11.7. The van der Waals surface area contributed by atoms with E-state index in [9.17, 15) is 0 Å². The molecule has 0 nitrogen and oxygen atoms in total. The maximum Gasteiger partial charge on any atom is 0.0730 e. The highest BCUT2D eigenvalue weighted by molar-refractivity contribution is 9.11. The third-order valence-corrected chi connectivity index (χ3v) is 5.80. The van der Waals surface area contributed by atoms with Crippen molar-refractivity contribution in [3.05, 3.63) is 20.8 Å². The van der Waals surface area contributed by atoms with Crippen molar-refractivity contribution in [1.82, 2.24) is 0 Å². The molecule has 1 aromatic rings. The molecule has 0 bridgehead atoms. The first kappa shape index (κ1) is 18.2. The third-order valence-electron chi connectivity index (χ3n) is 3.99. The van der Waals surface area contributed by atoms with Crippen LogP contribution in [0.5, 0.6) is 0 Å². The van der Waals surface area contributed by atoms with Gasteiger partial charge in [0.1, 0.15) is 0 Å². The van der Waals surface area contributed by atoms with Gasteiger partial charge in [0.15, 0.2) is 0 Å². The number of hydrogen-bond donors (Lipinski definition) is 0. The summed E-state index contributed by atoms with van der Waals surface area (Å²) in [7, 11) is 0. The predicted molar refractivity (Wildman–Crippen MR) is 96.8 cm³/mol. The summed E-state index contributed by atoms with van der Waals surface area (Å²) < 4.78 is 1.33. The highest BCUT2D eigenvalue weighted by Gasteiger charge is 2.00. The second kappa shape index (κ2) is 12.9. The van der Waals surface area contributed by atoms with Crippen LogP contribution >= 0.6 is 27.3 Å². The highest BCUT2D eigenvalue weighted by Crippen LogP contribution is 2.25. The lowest BCUT2D eigenvalue weighted by Gasteiger charge is -2.03. The summed E-state index contributed by atoms with van der Waals surface area (Å²) in [6, 6.07) is 2.26. The van der Waals surface area contributed by atoms with Crippen LogP contribution < -0.4 is 0 Å². The van der Waals surface area contributed by atoms with Crippen LogP contribution in [0.15, 0.2) is 15.2 Å². The predicted octanol–water partition coefficient (Wildman–Crippen LogP) is 7.75. The van der Waals surface area contributed by atoms with Gasteiger partial charge in [0.25, 0.3) is 0 Å². The normalized spacial score (nSPS) is 11.1. The first-order valence-electron chi connectivity index (χ1n) is 8.56. The van der Waals surface area contributed by atoms with Gasteiger partial charge in [0.05, 0.1) is 3.79 Å². The Hall–Kier alpha value is 0.180. The van der Waals surface area contributed by atoms with Gasteiger partial charge < -0.3 is 0 Å². The number of aryl methyl sites for hydroxylation is 1. The summed E-state index contributed by atoms with van der Waals surface area (Å²) >= 11 is 5.42. The fourth-order valence-corrected chi connectivity index (χ4v) is 3.98. The molecule has 0 aromatic carbocycles. The Labute approximate surface area is 138 Å². The average molecular weight is 359 g/mol. The SMILES string of the molecule is CCCCCCCCCCCCCCc1ccsc1Br. The molecule has 0 aliphatic heterocycles. The average Bonchev–Trinajstić information content (AvgIpc) is 2.85. The maximum atomic E-state index is 3.62. The van der Waals surface area contributed by atoms with Gasteiger partial charge in [-0.3, -0.25) is 0 Å². The monoisotopic (exact) mass is 358 g/mol. The molecule has 0 saturated carbocycles. The Balaban J connectivity index is 1.78. The zero-order chi connectivity index (χ0) is 14.5. The number of rotatable bonds is 13. The van der Waals surface area contributed by atoms with E-state index in [1.54, 1.807) is 11.3 Å². The molecule has 2 heteroatoms. The molecule has 0 unspecified atom stereocenters. The van der Waals surface area contributed by atoms with E-state index in [-0.39, 0.29) is 0 Å². The number of hydrogen-bond acceptors (Lipinski definition) is 1. The van der Waals surface area contributed by atoms with Crippen molar-refractivity contribution in [3.63, 3.8) is 0 Å². The molecule has 1 aromatic heterocycles. The molecule has 1 heterocycles. The van der Waals surface area contributed by atoms with Crippen molar-refractivity contribution in [2.45, 2.75) is 90.4 Å². The lowest BCUT2D eigenvalue weighted by molar-refractivity contribution is 0.544. The summed E-state index contributed by atoms with van der Waals surface area (Å²) in [5.41, 5.74) is 1.50. The standard InChI is InChI=1S/C18H31BrS/c1-2-3-4-5-6-7-8-9-10-11-12-13-14-17-15-16-20-18(17)19/h15-16H,2-14H2,1H3. The van der Waals surface area contributed by atoms with Crippen LogP contribution in [0, 0.1) is 0 Å². The highest BCUT2D eigenvalue weighted by atomic mass is 79.9. The molecule has 0 spiro atoms. The maximum absolute atomic E-state index is 3.62. The van der Waals surface area contributed by atoms with Crippen molar-refractivity contribution in [2.75, 3.05) is 0 Å². The van der Waals surface area contributed by atoms with Crippen LogP contribution in [-0.2, 0) is 6.42 Å². The van der Waals surface area contributed by atoms with E-state index >= 15 is 0 Å². The van der Waals surface area contributed by atoms with Gasteiger partial charge in [-0.1, -0.05) is 77.6 Å². The molecule has 0 saturated heterocycles. The zero-order valence-corrected chi connectivity index (χ0v) is 15.5. The van der Waals surface area contributed by atoms with Crippen LogP contribution in [-0.4, -0.2) is 0 Å². The first-order chi connectivity index (χ1) is 9.84. The number of halogens is 1. The minimum atomic E-state index is 1.25. The van der Waals surface area contributed by atoms with Crippen molar-refractivity contribution in [1.29, 1.82) is 0 Å². The van der Waals surface area contributed by atoms with Gasteiger partial charge in [0, 0.05) is 0 Å². The molecular formula is C18H31BrS. The van der Waals surface area contributed by atoms with Crippen molar-refractivity contribution < 1.29 is 0 Å². The van der Waals surface area contributed by atoms with Gasteiger partial charge in [-0.25, -0.2) is 0 Å². The van der Waals surface area contributed by atoms with Crippen molar-refractivity contribution >= 4 is 27.3 Å². The molecule has 116 valence electrons. The van der Waals surface area contributed by atoms with Gasteiger partial charge in [0.2, 0.25) is 0 Å². The zero-order valence-electron chi connectivity index (χ0n) is 13.1. The summed E-state index contributed by atoms with van der Waals surface area (Å²) in [6.07, 6.45) is 18.4. The van der Waals surface area contributed by atoms with Crippen LogP contribution in [0.1, 0.15) is 89.5 Å². The van der Waals surface area contributed by atoms with Gasteiger partial charge in [-0.05, 0) is 45.8 Å². The lowest BCUT2D eigenvalue weighted by Crippen LogP contribution is -1.85. The fraction of sp³-hybridized carbons (Fsp3) is 0.778. The topological polar surface area (TPSA) is 0 Å². The third kappa shape index (κ3) is 9.18. The molecule has 0 amide bonds. The first-order valence-corrected chi connectivity index (χ1v) is 10.2. The van der Waals surface area contributed by atoms with E-state index in [1.807, 2.05) is 0 Å². The Morgan fingerprint density at radius 1 is 0.800 bits per heavy atom. The molecular weight excluding hydrogens is 328 g/mol. The Morgan fingerprint density at radius 3 is 1.75 bits per heavy atom. The van der Waals surface area contributed by atoms with E-state index in [4.69, 9.17) is 0 Å². The van der Waals surface area contributed by atoms with Crippen LogP contribution in [0.3, 0.4) is 0 Å². The number of unbranched alkanes of at least 4 members (excludes halogenated alkanes) is 11. The molecule has 0 radical (unpaired) electrons. The summed E-state index contributed by atoms with van der Waals surface area (Å²) in [4.78, 5) is 0. The second-order valence-electron chi connectivity index (χ2n) is 5.86. The number of thiophene rings is 1. The molecule has 0 atom stereocenters. The van der Waals surface area contributed by atoms with Crippen LogP contribution in [0.2, 0.25) is 0 Å². The molecule has 20 heavy (non-hydrogen) atoms. The summed E-state index contributed by atoms with van der Waals surface area (Å²) in [6.45, 7) is 2.29. The van der Waals surface area contributed by atoms with Crippen LogP contribution in [0.25, 0.3) is 0 Å². The summed E-state index contributed by atoms with van der Waals surface area (Å²) in [5.74, 6) is 0. The molecule has 0 fully saturated rings. The quantitative estimate of drug-likeness (QED) is 0.316. The summed E-state index contributed by atoms with van der Waals surface area (Å²) in [5, 5.41) is 2.18.